The Bertz CT molecular complexity index is 321. The number of aryl methyl sites for hydroxylation is 1. The highest BCUT2D eigenvalue weighted by Gasteiger charge is 2.23. The Balaban J connectivity index is 2.62. The third-order valence-electron chi connectivity index (χ3n) is 2.82. The molecule has 0 fully saturated rings. The van der Waals surface area contributed by atoms with Crippen LogP contribution in [-0.4, -0.2) is 15.9 Å². The molecule has 84 valence electrons. The van der Waals surface area contributed by atoms with Gasteiger partial charge in [0.1, 0.15) is 0 Å². The third kappa shape index (κ3) is 3.47. The maximum absolute atomic E-state index is 6.09. The lowest BCUT2D eigenvalue weighted by molar-refractivity contribution is 0.377. The Hall–Kier alpha value is -0.600. The first kappa shape index (κ1) is 12.5. The Morgan fingerprint density at radius 1 is 1.53 bits per heavy atom. The molecule has 0 saturated heterocycles. The fourth-order valence-corrected chi connectivity index (χ4v) is 1.23. The predicted molar refractivity (Wildman–Crippen MR) is 65.2 cm³/mol. The topological polar surface area (TPSA) is 24.9 Å². The molecule has 1 atom stereocenters. The minimum Gasteiger partial charge on any atom is -0.305 e. The van der Waals surface area contributed by atoms with Crippen LogP contribution >= 0.6 is 11.6 Å². The second-order valence-corrected chi connectivity index (χ2v) is 5.11. The summed E-state index contributed by atoms with van der Waals surface area (Å²) in [5, 5.41) is 3.51. The number of aromatic nitrogens is 1. The predicted octanol–water partition coefficient (Wildman–Crippen LogP) is 2.89. The number of rotatable bonds is 4. The van der Waals surface area contributed by atoms with Crippen molar-refractivity contribution >= 4 is 11.6 Å². The van der Waals surface area contributed by atoms with Gasteiger partial charge in [-0.3, -0.25) is 4.98 Å². The Morgan fingerprint density at radius 3 is 2.73 bits per heavy atom. The normalized spacial score (nSPS) is 13.9. The van der Waals surface area contributed by atoms with Gasteiger partial charge in [0.15, 0.2) is 0 Å². The molecule has 0 aromatic carbocycles. The lowest BCUT2D eigenvalue weighted by Gasteiger charge is -2.29. The first-order chi connectivity index (χ1) is 6.93. The molecule has 1 N–H and O–H groups in total. The Morgan fingerprint density at radius 2 is 2.20 bits per heavy atom. The molecule has 0 aliphatic rings. The fourth-order valence-electron chi connectivity index (χ4n) is 1.16. The fraction of sp³-hybridized carbons (Fsp3) is 0.583. The zero-order valence-electron chi connectivity index (χ0n) is 9.84. The minimum absolute atomic E-state index is 0.0779. The van der Waals surface area contributed by atoms with Crippen LogP contribution in [0.1, 0.15) is 32.0 Å². The van der Waals surface area contributed by atoms with Crippen LogP contribution in [0.5, 0.6) is 0 Å². The third-order valence-corrected chi connectivity index (χ3v) is 3.37. The van der Waals surface area contributed by atoms with E-state index in [1.807, 2.05) is 19.2 Å². The molecule has 0 radical (unpaired) electrons. The summed E-state index contributed by atoms with van der Waals surface area (Å²) in [6.07, 6.45) is 1.82. The van der Waals surface area contributed by atoms with Gasteiger partial charge in [-0.25, -0.2) is 0 Å². The van der Waals surface area contributed by atoms with E-state index < -0.39 is 0 Å². The molecule has 0 saturated carbocycles. The van der Waals surface area contributed by atoms with Crippen molar-refractivity contribution in [2.24, 2.45) is 0 Å². The van der Waals surface area contributed by atoms with Crippen molar-refractivity contribution < 1.29 is 0 Å². The van der Waals surface area contributed by atoms with Gasteiger partial charge in [-0.05, 0) is 39.3 Å². The van der Waals surface area contributed by atoms with E-state index in [0.717, 1.165) is 12.2 Å². The number of halogens is 1. The van der Waals surface area contributed by atoms with Crippen LogP contribution < -0.4 is 5.32 Å². The maximum Gasteiger partial charge on any atom is 0.0570 e. The molecule has 2 nitrogen and oxygen atoms in total. The largest absolute Gasteiger partial charge is 0.305 e. The number of hydrogen-bond acceptors (Lipinski definition) is 2. The molecule has 1 heterocycles. The monoisotopic (exact) mass is 226 g/mol. The molecule has 1 rings (SSSR count). The lowest BCUT2D eigenvalue weighted by atomic mass is 10.0. The summed E-state index contributed by atoms with van der Waals surface area (Å²) in [7, 11) is 0. The average molecular weight is 227 g/mol. The van der Waals surface area contributed by atoms with Gasteiger partial charge >= 0.3 is 0 Å². The van der Waals surface area contributed by atoms with Crippen molar-refractivity contribution in [1.29, 1.82) is 0 Å². The van der Waals surface area contributed by atoms with Gasteiger partial charge in [-0.2, -0.15) is 0 Å². The highest BCUT2D eigenvalue weighted by atomic mass is 35.5. The maximum atomic E-state index is 6.09. The van der Waals surface area contributed by atoms with E-state index in [0.29, 0.717) is 0 Å². The van der Waals surface area contributed by atoms with Gasteiger partial charge in [0, 0.05) is 23.7 Å². The zero-order chi connectivity index (χ0) is 11.5. The number of hydrogen-bond donors (Lipinski definition) is 1. The molecule has 0 spiro atoms. The van der Waals surface area contributed by atoms with Crippen LogP contribution in [0.25, 0.3) is 0 Å². The van der Waals surface area contributed by atoms with E-state index >= 15 is 0 Å². The van der Waals surface area contributed by atoms with E-state index in [1.165, 1.54) is 5.56 Å². The van der Waals surface area contributed by atoms with Crippen LogP contribution in [0.4, 0.5) is 0 Å². The molecule has 15 heavy (non-hydrogen) atoms. The van der Waals surface area contributed by atoms with Gasteiger partial charge in [0.05, 0.1) is 5.69 Å². The summed E-state index contributed by atoms with van der Waals surface area (Å²) in [6, 6.07) is 4.02. The van der Waals surface area contributed by atoms with E-state index in [1.54, 1.807) is 0 Å². The van der Waals surface area contributed by atoms with Crippen LogP contribution in [0.15, 0.2) is 18.3 Å². The van der Waals surface area contributed by atoms with Crippen molar-refractivity contribution in [2.45, 2.75) is 45.2 Å². The summed E-state index contributed by atoms with van der Waals surface area (Å²) < 4.78 is 0. The zero-order valence-corrected chi connectivity index (χ0v) is 10.6. The number of nitrogens with one attached hydrogen (secondary N) is 1. The van der Waals surface area contributed by atoms with E-state index in [9.17, 15) is 0 Å². The summed E-state index contributed by atoms with van der Waals surface area (Å²) in [5.74, 6) is 0. The molecule has 0 amide bonds. The number of pyridine rings is 1. The summed E-state index contributed by atoms with van der Waals surface area (Å²) in [6.45, 7) is 9.03. The molecule has 0 bridgehead atoms. The second-order valence-electron chi connectivity index (χ2n) is 4.46. The quantitative estimate of drug-likeness (QED) is 0.799. The molecule has 3 heteroatoms. The Kier molecular flexibility index (Phi) is 4.12. The van der Waals surface area contributed by atoms with Crippen molar-refractivity contribution in [3.8, 4) is 0 Å². The lowest BCUT2D eigenvalue weighted by Crippen LogP contribution is -2.45. The number of nitrogens with zero attached hydrogens (tertiary/aromatic N) is 1. The van der Waals surface area contributed by atoms with Gasteiger partial charge in [-0.1, -0.05) is 6.07 Å². The van der Waals surface area contributed by atoms with Crippen LogP contribution in [-0.2, 0) is 6.54 Å². The van der Waals surface area contributed by atoms with E-state index in [-0.39, 0.29) is 10.9 Å². The molecular formula is C12H19ClN2. The molecular weight excluding hydrogens is 208 g/mol. The smallest absolute Gasteiger partial charge is 0.0570 e. The van der Waals surface area contributed by atoms with Crippen molar-refractivity contribution in [3.05, 3.63) is 29.6 Å². The standard InChI is InChI=1S/C12H19ClN2/c1-9-6-5-7-14-11(9)8-15-12(3,4)10(2)13/h5-7,10,15H,8H2,1-4H3. The average Bonchev–Trinajstić information content (AvgIpc) is 2.16. The SMILES string of the molecule is Cc1cccnc1CNC(C)(C)C(C)Cl. The van der Waals surface area contributed by atoms with Crippen molar-refractivity contribution in [1.82, 2.24) is 10.3 Å². The van der Waals surface area contributed by atoms with Crippen LogP contribution in [0, 0.1) is 6.92 Å². The summed E-state index contributed by atoms with van der Waals surface area (Å²) in [4.78, 5) is 4.34. The van der Waals surface area contributed by atoms with E-state index in [4.69, 9.17) is 11.6 Å². The Labute approximate surface area is 97.1 Å². The van der Waals surface area contributed by atoms with Gasteiger partial charge in [0.2, 0.25) is 0 Å². The summed E-state index contributed by atoms with van der Waals surface area (Å²) >= 11 is 6.09. The van der Waals surface area contributed by atoms with Gasteiger partial charge in [0.25, 0.3) is 0 Å². The van der Waals surface area contributed by atoms with Crippen LogP contribution in [0.3, 0.4) is 0 Å². The van der Waals surface area contributed by atoms with Crippen LogP contribution in [0.2, 0.25) is 0 Å². The first-order valence-electron chi connectivity index (χ1n) is 5.23. The van der Waals surface area contributed by atoms with Gasteiger partial charge in [-0.15, -0.1) is 11.6 Å². The molecule has 1 aromatic rings. The summed E-state index contributed by atoms with van der Waals surface area (Å²) in [5.41, 5.74) is 2.22. The highest BCUT2D eigenvalue weighted by molar-refractivity contribution is 6.21. The van der Waals surface area contributed by atoms with Gasteiger partial charge < -0.3 is 5.32 Å². The van der Waals surface area contributed by atoms with Crippen molar-refractivity contribution in [2.75, 3.05) is 0 Å². The van der Waals surface area contributed by atoms with Crippen molar-refractivity contribution in [3.63, 3.8) is 0 Å². The molecule has 0 aliphatic heterocycles. The number of alkyl halides is 1. The minimum atomic E-state index is -0.0779. The highest BCUT2D eigenvalue weighted by Crippen LogP contribution is 2.15. The molecule has 1 unspecified atom stereocenters. The van der Waals surface area contributed by atoms with E-state index in [2.05, 4.69) is 37.1 Å². The second kappa shape index (κ2) is 4.95. The molecule has 0 aliphatic carbocycles. The first-order valence-corrected chi connectivity index (χ1v) is 5.66. The molecule has 1 aromatic heterocycles.